The number of thiazole rings is 1. The number of aromatic nitrogens is 1. The molecule has 3 rings (SSSR count). The minimum absolute atomic E-state index is 0.120. The van der Waals surface area contributed by atoms with Crippen molar-refractivity contribution in [3.63, 3.8) is 0 Å². The van der Waals surface area contributed by atoms with Crippen molar-refractivity contribution in [2.24, 2.45) is 5.92 Å². The number of nitrogens with zero attached hydrogens (tertiary/aromatic N) is 1. The maximum absolute atomic E-state index is 13.0. The molecular weight excluding hydrogens is 410 g/mol. The van der Waals surface area contributed by atoms with Crippen molar-refractivity contribution in [2.75, 3.05) is 5.32 Å². The van der Waals surface area contributed by atoms with Crippen molar-refractivity contribution in [1.82, 2.24) is 10.3 Å². The second-order valence-corrected chi connectivity index (χ2v) is 8.62. The second kappa shape index (κ2) is 9.66. The van der Waals surface area contributed by atoms with Gasteiger partial charge in [0.25, 0.3) is 5.91 Å². The Morgan fingerprint density at radius 2 is 1.61 bits per heavy atom. The number of ketones is 1. The van der Waals surface area contributed by atoms with E-state index >= 15 is 0 Å². The second-order valence-electron chi connectivity index (χ2n) is 7.62. The minimum Gasteiger partial charge on any atom is -0.340 e. The summed E-state index contributed by atoms with van der Waals surface area (Å²) in [5, 5.41) is 5.93. The van der Waals surface area contributed by atoms with Gasteiger partial charge in [-0.3, -0.25) is 14.4 Å². The maximum atomic E-state index is 13.0. The monoisotopic (exact) mass is 435 g/mol. The molecule has 0 spiro atoms. The molecule has 0 saturated heterocycles. The van der Waals surface area contributed by atoms with E-state index in [2.05, 4.69) is 15.6 Å². The average Bonchev–Trinajstić information content (AvgIpc) is 3.16. The summed E-state index contributed by atoms with van der Waals surface area (Å²) in [4.78, 5) is 42.8. The van der Waals surface area contributed by atoms with Crippen molar-refractivity contribution < 1.29 is 14.4 Å². The van der Waals surface area contributed by atoms with Crippen LogP contribution in [0.15, 0.2) is 54.6 Å². The molecule has 0 aliphatic heterocycles. The van der Waals surface area contributed by atoms with Crippen LogP contribution in [-0.2, 0) is 4.79 Å². The molecule has 1 heterocycles. The summed E-state index contributed by atoms with van der Waals surface area (Å²) < 4.78 is 0. The van der Waals surface area contributed by atoms with Crippen LogP contribution in [0, 0.1) is 12.8 Å². The molecule has 2 aromatic carbocycles. The number of hydrogen-bond donors (Lipinski definition) is 2. The normalized spacial score (nSPS) is 11.8. The van der Waals surface area contributed by atoms with Gasteiger partial charge < -0.3 is 10.6 Å². The first-order valence-corrected chi connectivity index (χ1v) is 10.8. The quantitative estimate of drug-likeness (QED) is 0.526. The molecule has 1 unspecified atom stereocenters. The first-order valence-electron chi connectivity index (χ1n) is 10.0. The number of amides is 2. The Kier molecular flexibility index (Phi) is 6.97. The highest BCUT2D eigenvalue weighted by atomic mass is 32.1. The lowest BCUT2D eigenvalue weighted by Gasteiger charge is -2.21. The van der Waals surface area contributed by atoms with Crippen LogP contribution in [0.1, 0.15) is 46.4 Å². The van der Waals surface area contributed by atoms with Crippen LogP contribution in [0.3, 0.4) is 0 Å². The molecule has 2 amide bonds. The summed E-state index contributed by atoms with van der Waals surface area (Å²) in [6.45, 7) is 7.05. The summed E-state index contributed by atoms with van der Waals surface area (Å²) in [6.07, 6.45) is 0. The van der Waals surface area contributed by atoms with Gasteiger partial charge in [-0.25, -0.2) is 4.98 Å². The smallest absolute Gasteiger partial charge is 0.252 e. The molecule has 0 saturated carbocycles. The highest BCUT2D eigenvalue weighted by molar-refractivity contribution is 7.18. The maximum Gasteiger partial charge on any atom is 0.252 e. The molecule has 1 aromatic heterocycles. The predicted octanol–water partition coefficient (Wildman–Crippen LogP) is 4.71. The molecule has 7 heteroatoms. The van der Waals surface area contributed by atoms with Gasteiger partial charge >= 0.3 is 0 Å². The fourth-order valence-electron chi connectivity index (χ4n) is 3.17. The summed E-state index contributed by atoms with van der Waals surface area (Å²) in [5.41, 5.74) is 2.71. The third kappa shape index (κ3) is 5.24. The zero-order chi connectivity index (χ0) is 22.5. The van der Waals surface area contributed by atoms with E-state index in [0.29, 0.717) is 21.3 Å². The van der Waals surface area contributed by atoms with Gasteiger partial charge in [-0.05, 0) is 24.5 Å². The Morgan fingerprint density at radius 1 is 0.968 bits per heavy atom. The highest BCUT2D eigenvalue weighted by Crippen LogP contribution is 2.31. The van der Waals surface area contributed by atoms with Gasteiger partial charge in [0.15, 0.2) is 10.9 Å². The van der Waals surface area contributed by atoms with Crippen LogP contribution in [0.25, 0.3) is 11.3 Å². The van der Waals surface area contributed by atoms with E-state index in [9.17, 15) is 14.4 Å². The number of rotatable bonds is 7. The number of aryl methyl sites for hydroxylation is 1. The number of nitrogens with one attached hydrogen (secondary N) is 2. The fourth-order valence-corrected chi connectivity index (χ4v) is 4.05. The van der Waals surface area contributed by atoms with Gasteiger partial charge in [0.05, 0.1) is 10.6 Å². The van der Waals surface area contributed by atoms with Gasteiger partial charge in [0, 0.05) is 18.1 Å². The van der Waals surface area contributed by atoms with Crippen LogP contribution in [0.2, 0.25) is 0 Å². The summed E-state index contributed by atoms with van der Waals surface area (Å²) in [7, 11) is 0. The van der Waals surface area contributed by atoms with Crippen molar-refractivity contribution in [1.29, 1.82) is 0 Å². The van der Waals surface area contributed by atoms with Gasteiger partial charge in [0.2, 0.25) is 5.91 Å². The first kappa shape index (κ1) is 22.4. The van der Waals surface area contributed by atoms with E-state index in [0.717, 1.165) is 22.5 Å². The molecule has 3 aromatic rings. The third-order valence-electron chi connectivity index (χ3n) is 4.85. The first-order chi connectivity index (χ1) is 14.8. The molecule has 6 nitrogen and oxygen atoms in total. The average molecular weight is 436 g/mol. The number of benzene rings is 2. The number of carbonyl (C=O) groups is 3. The molecule has 1 atom stereocenters. The van der Waals surface area contributed by atoms with E-state index in [1.807, 2.05) is 63.2 Å². The molecule has 160 valence electrons. The van der Waals surface area contributed by atoms with Crippen LogP contribution < -0.4 is 10.6 Å². The molecule has 2 N–H and O–H groups in total. The number of Topliss-reactive ketones (excluding diaryl/α,β-unsaturated/α-hetero) is 1. The lowest BCUT2D eigenvalue weighted by Crippen LogP contribution is -2.47. The Bertz CT molecular complexity index is 1110. The number of anilines is 1. The van der Waals surface area contributed by atoms with Crippen LogP contribution >= 0.6 is 11.3 Å². The largest absolute Gasteiger partial charge is 0.340 e. The van der Waals surface area contributed by atoms with Crippen molar-refractivity contribution in [3.8, 4) is 11.3 Å². The van der Waals surface area contributed by atoms with Crippen LogP contribution in [0.5, 0.6) is 0 Å². The lowest BCUT2D eigenvalue weighted by molar-refractivity contribution is -0.118. The Morgan fingerprint density at radius 3 is 2.23 bits per heavy atom. The van der Waals surface area contributed by atoms with Gasteiger partial charge in [0.1, 0.15) is 6.04 Å². The molecule has 0 aliphatic carbocycles. The summed E-state index contributed by atoms with van der Waals surface area (Å²) in [5.74, 6) is -0.945. The summed E-state index contributed by atoms with van der Waals surface area (Å²) >= 11 is 1.13. The van der Waals surface area contributed by atoms with Gasteiger partial charge in [-0.1, -0.05) is 73.7 Å². The third-order valence-corrected chi connectivity index (χ3v) is 5.92. The Hall–Kier alpha value is -3.32. The van der Waals surface area contributed by atoms with Crippen LogP contribution in [-0.4, -0.2) is 28.6 Å². The predicted molar refractivity (Wildman–Crippen MR) is 123 cm³/mol. The van der Waals surface area contributed by atoms with E-state index in [4.69, 9.17) is 0 Å². The zero-order valence-corrected chi connectivity index (χ0v) is 18.7. The molecule has 0 fully saturated rings. The van der Waals surface area contributed by atoms with Gasteiger partial charge in [-0.15, -0.1) is 0 Å². The highest BCUT2D eigenvalue weighted by Gasteiger charge is 2.27. The van der Waals surface area contributed by atoms with E-state index < -0.39 is 6.04 Å². The molecule has 0 aliphatic rings. The van der Waals surface area contributed by atoms with E-state index in [1.165, 1.54) is 6.92 Å². The van der Waals surface area contributed by atoms with E-state index in [1.54, 1.807) is 12.1 Å². The van der Waals surface area contributed by atoms with Crippen molar-refractivity contribution in [2.45, 2.75) is 33.7 Å². The number of hydrogen-bond acceptors (Lipinski definition) is 5. The van der Waals surface area contributed by atoms with E-state index in [-0.39, 0.29) is 23.5 Å². The zero-order valence-electron chi connectivity index (χ0n) is 17.9. The lowest BCUT2D eigenvalue weighted by atomic mass is 10.0. The molecule has 31 heavy (non-hydrogen) atoms. The molecular formula is C24H25N3O3S. The van der Waals surface area contributed by atoms with Crippen molar-refractivity contribution in [3.05, 3.63) is 70.6 Å². The fraction of sp³-hybridized carbons (Fsp3) is 0.250. The Balaban J connectivity index is 1.82. The number of carbonyl (C=O) groups excluding carboxylic acids is 3. The SMILES string of the molecule is CC(=O)c1sc(NC(=O)C(NC(=O)c2ccccc2C)C(C)C)nc1-c1ccccc1. The standard InChI is InChI=1S/C24H25N3O3S/c1-14(2)19(25-22(29)18-13-9-8-10-15(18)3)23(30)27-24-26-20(21(31-24)16(4)28)17-11-6-5-7-12-17/h5-14,19H,1-4H3,(H,25,29)(H,26,27,30). The van der Waals surface area contributed by atoms with Gasteiger partial charge in [-0.2, -0.15) is 0 Å². The molecule has 0 bridgehead atoms. The minimum atomic E-state index is -0.753. The molecule has 0 radical (unpaired) electrons. The van der Waals surface area contributed by atoms with Crippen molar-refractivity contribution >= 4 is 34.1 Å². The summed E-state index contributed by atoms with van der Waals surface area (Å²) in [6, 6.07) is 15.8. The Labute approximate surface area is 185 Å². The topological polar surface area (TPSA) is 88.2 Å². The van der Waals surface area contributed by atoms with Crippen LogP contribution in [0.4, 0.5) is 5.13 Å².